The Hall–Kier alpha value is -2.00. The molecule has 0 bridgehead atoms. The molecule has 3 aromatic rings. The van der Waals surface area contributed by atoms with E-state index in [4.69, 9.17) is 35.6 Å². The summed E-state index contributed by atoms with van der Waals surface area (Å²) in [6.07, 6.45) is 3.04. The van der Waals surface area contributed by atoms with Gasteiger partial charge in [-0.15, -0.1) is 16.4 Å². The number of fused-ring (bicyclic) bond motifs is 1. The number of aromatic nitrogens is 2. The summed E-state index contributed by atoms with van der Waals surface area (Å²) in [6, 6.07) is 4.28. The molecule has 1 saturated heterocycles. The second kappa shape index (κ2) is 10.3. The van der Waals surface area contributed by atoms with E-state index in [9.17, 15) is 0 Å². The first-order valence-corrected chi connectivity index (χ1v) is 12.1. The van der Waals surface area contributed by atoms with Crippen molar-refractivity contribution in [2.24, 2.45) is 0 Å². The Bertz CT molecular complexity index is 1060. The van der Waals surface area contributed by atoms with Crippen molar-refractivity contribution in [1.82, 2.24) is 9.61 Å². The monoisotopic (exact) mass is 479 g/mol. The van der Waals surface area contributed by atoms with Crippen LogP contribution in [0.15, 0.2) is 17.5 Å². The molecule has 0 saturated carbocycles. The number of thiazole rings is 1. The number of methoxy groups -OCH3 is 3. The zero-order valence-corrected chi connectivity index (χ0v) is 20.6. The van der Waals surface area contributed by atoms with E-state index in [2.05, 4.69) is 17.2 Å². The molecule has 1 aromatic carbocycles. The summed E-state index contributed by atoms with van der Waals surface area (Å²) in [6.45, 7) is 5.17. The van der Waals surface area contributed by atoms with Gasteiger partial charge in [0.15, 0.2) is 0 Å². The van der Waals surface area contributed by atoms with E-state index in [1.165, 1.54) is 0 Å². The highest BCUT2D eigenvalue weighted by atomic mass is 35.5. The Morgan fingerprint density at radius 1 is 1.22 bits per heavy atom. The lowest BCUT2D eigenvalue weighted by molar-refractivity contribution is 0.0843. The molecule has 0 aliphatic carbocycles. The summed E-state index contributed by atoms with van der Waals surface area (Å²) in [5.74, 6) is 1.32. The number of ether oxygens (including phenoxy) is 4. The standard InChI is InChI=1S/C23H30ClN3O4S/c1-5-8-26(16-6-9-31-10-7-16)21-22(30-4)25-27-18(14-32-23(21)27)20-17(24)11-15(13-28-2)12-19(20)29-3/h11-12,14,16H,5-10,13H2,1-4H3. The lowest BCUT2D eigenvalue weighted by Gasteiger charge is -2.35. The Balaban J connectivity index is 1.84. The molecule has 32 heavy (non-hydrogen) atoms. The SMILES string of the molecule is CCCN(c1c(OC)nn2c(-c3c(Cl)cc(COC)cc3OC)csc12)C1CCOCC1. The van der Waals surface area contributed by atoms with Crippen LogP contribution in [0.3, 0.4) is 0 Å². The minimum absolute atomic E-state index is 0.405. The Morgan fingerprint density at radius 2 is 2.00 bits per heavy atom. The topological polar surface area (TPSA) is 57.5 Å². The Kier molecular flexibility index (Phi) is 7.45. The van der Waals surface area contributed by atoms with Crippen LogP contribution in [0.4, 0.5) is 5.69 Å². The number of rotatable bonds is 9. The molecule has 3 heterocycles. The van der Waals surface area contributed by atoms with Gasteiger partial charge in [-0.2, -0.15) is 0 Å². The zero-order valence-electron chi connectivity index (χ0n) is 19.0. The molecule has 0 N–H and O–H groups in total. The van der Waals surface area contributed by atoms with E-state index >= 15 is 0 Å². The smallest absolute Gasteiger partial charge is 0.258 e. The van der Waals surface area contributed by atoms with Crippen molar-refractivity contribution < 1.29 is 18.9 Å². The number of halogens is 1. The summed E-state index contributed by atoms with van der Waals surface area (Å²) in [5, 5.41) is 7.52. The van der Waals surface area contributed by atoms with Crippen LogP contribution >= 0.6 is 22.9 Å². The van der Waals surface area contributed by atoms with Gasteiger partial charge in [0, 0.05) is 38.3 Å². The average Bonchev–Trinajstić information content (AvgIpc) is 3.37. The molecule has 174 valence electrons. The number of nitrogens with zero attached hydrogens (tertiary/aromatic N) is 3. The lowest BCUT2D eigenvalue weighted by atomic mass is 10.1. The third-order valence-electron chi connectivity index (χ3n) is 5.78. The van der Waals surface area contributed by atoms with Crippen molar-refractivity contribution in [2.75, 3.05) is 46.0 Å². The summed E-state index contributed by atoms with van der Waals surface area (Å²) in [4.78, 5) is 3.49. The molecule has 0 spiro atoms. The van der Waals surface area contributed by atoms with E-state index in [1.807, 2.05) is 16.6 Å². The molecular formula is C23H30ClN3O4S. The molecule has 7 nitrogen and oxygen atoms in total. The highest BCUT2D eigenvalue weighted by molar-refractivity contribution is 7.16. The van der Waals surface area contributed by atoms with Gasteiger partial charge in [0.2, 0.25) is 0 Å². The zero-order chi connectivity index (χ0) is 22.7. The van der Waals surface area contributed by atoms with Crippen molar-refractivity contribution in [3.8, 4) is 22.9 Å². The minimum atomic E-state index is 0.405. The molecular weight excluding hydrogens is 450 g/mol. The highest BCUT2D eigenvalue weighted by Gasteiger charge is 2.30. The quantitative estimate of drug-likeness (QED) is 0.416. The molecule has 1 aliphatic rings. The fourth-order valence-corrected chi connectivity index (χ4v) is 5.69. The Labute approximate surface area is 197 Å². The van der Waals surface area contributed by atoms with E-state index in [1.54, 1.807) is 32.7 Å². The number of hydrogen-bond donors (Lipinski definition) is 0. The van der Waals surface area contributed by atoms with E-state index in [0.29, 0.717) is 29.3 Å². The summed E-state index contributed by atoms with van der Waals surface area (Å²) < 4.78 is 24.3. The molecule has 0 unspecified atom stereocenters. The van der Waals surface area contributed by atoms with Gasteiger partial charge in [-0.25, -0.2) is 4.52 Å². The van der Waals surface area contributed by atoms with Gasteiger partial charge < -0.3 is 23.8 Å². The number of benzene rings is 1. The number of anilines is 1. The predicted molar refractivity (Wildman–Crippen MR) is 129 cm³/mol. The van der Waals surface area contributed by atoms with Crippen molar-refractivity contribution in [3.63, 3.8) is 0 Å². The molecule has 2 aromatic heterocycles. The molecule has 1 aliphatic heterocycles. The first-order valence-electron chi connectivity index (χ1n) is 10.9. The summed E-state index contributed by atoms with van der Waals surface area (Å²) in [5.41, 5.74) is 3.69. The maximum atomic E-state index is 6.73. The molecule has 9 heteroatoms. The Morgan fingerprint density at radius 3 is 2.66 bits per heavy atom. The van der Waals surface area contributed by atoms with Crippen LogP contribution in [-0.4, -0.2) is 56.7 Å². The second-order valence-corrected chi connectivity index (χ2v) is 9.09. The van der Waals surface area contributed by atoms with Gasteiger partial charge in [0.05, 0.1) is 37.1 Å². The van der Waals surface area contributed by atoms with Crippen molar-refractivity contribution in [2.45, 2.75) is 38.8 Å². The van der Waals surface area contributed by atoms with Crippen LogP contribution in [0.25, 0.3) is 16.1 Å². The number of hydrogen-bond acceptors (Lipinski definition) is 7. The van der Waals surface area contributed by atoms with Gasteiger partial charge in [0.25, 0.3) is 5.88 Å². The van der Waals surface area contributed by atoms with Gasteiger partial charge in [-0.3, -0.25) is 0 Å². The predicted octanol–water partition coefficient (Wildman–Crippen LogP) is 5.28. The summed E-state index contributed by atoms with van der Waals surface area (Å²) >= 11 is 8.37. The third-order valence-corrected chi connectivity index (χ3v) is 7.01. The van der Waals surface area contributed by atoms with E-state index < -0.39 is 0 Å². The van der Waals surface area contributed by atoms with Crippen LogP contribution in [0.1, 0.15) is 31.7 Å². The maximum absolute atomic E-state index is 6.73. The summed E-state index contributed by atoms with van der Waals surface area (Å²) in [7, 11) is 4.99. The van der Waals surface area contributed by atoms with Crippen LogP contribution in [0, 0.1) is 0 Å². The van der Waals surface area contributed by atoms with Crippen LogP contribution in [0.5, 0.6) is 11.6 Å². The molecule has 1 fully saturated rings. The van der Waals surface area contributed by atoms with Crippen molar-refractivity contribution >= 4 is 33.5 Å². The van der Waals surface area contributed by atoms with Crippen LogP contribution in [0.2, 0.25) is 5.02 Å². The van der Waals surface area contributed by atoms with Crippen LogP contribution in [-0.2, 0) is 16.1 Å². The van der Waals surface area contributed by atoms with E-state index in [0.717, 1.165) is 66.4 Å². The van der Waals surface area contributed by atoms with Gasteiger partial charge in [-0.05, 0) is 37.0 Å². The molecule has 0 radical (unpaired) electrons. The van der Waals surface area contributed by atoms with Gasteiger partial charge in [-0.1, -0.05) is 18.5 Å². The molecule has 0 amide bonds. The fraction of sp³-hybridized carbons (Fsp3) is 0.522. The first-order chi connectivity index (χ1) is 15.6. The highest BCUT2D eigenvalue weighted by Crippen LogP contribution is 2.44. The molecule has 4 rings (SSSR count). The minimum Gasteiger partial charge on any atom is -0.496 e. The fourth-order valence-electron chi connectivity index (χ4n) is 4.36. The van der Waals surface area contributed by atoms with Crippen LogP contribution < -0.4 is 14.4 Å². The van der Waals surface area contributed by atoms with Crippen molar-refractivity contribution in [1.29, 1.82) is 0 Å². The third kappa shape index (κ3) is 4.29. The lowest BCUT2D eigenvalue weighted by Crippen LogP contribution is -2.40. The normalized spacial score (nSPS) is 14.8. The maximum Gasteiger partial charge on any atom is 0.258 e. The van der Waals surface area contributed by atoms with Gasteiger partial charge >= 0.3 is 0 Å². The average molecular weight is 480 g/mol. The van der Waals surface area contributed by atoms with E-state index in [-0.39, 0.29) is 0 Å². The largest absolute Gasteiger partial charge is 0.496 e. The first kappa shape index (κ1) is 23.2. The van der Waals surface area contributed by atoms with Crippen molar-refractivity contribution in [3.05, 3.63) is 28.1 Å². The molecule has 0 atom stereocenters. The van der Waals surface area contributed by atoms with Gasteiger partial charge in [0.1, 0.15) is 16.3 Å². The second-order valence-electron chi connectivity index (χ2n) is 7.82.